The van der Waals surface area contributed by atoms with Gasteiger partial charge in [-0.3, -0.25) is 14.3 Å². The molecule has 1 saturated carbocycles. The van der Waals surface area contributed by atoms with Gasteiger partial charge in [0.05, 0.1) is 41.0 Å². The molecule has 0 radical (unpaired) electrons. The maximum absolute atomic E-state index is 15.2. The van der Waals surface area contributed by atoms with Crippen LogP contribution in [0.2, 0.25) is 10.0 Å². The summed E-state index contributed by atoms with van der Waals surface area (Å²) < 4.78 is 72.3. The number of hydrogen-bond acceptors (Lipinski definition) is 7. The van der Waals surface area contributed by atoms with E-state index in [2.05, 4.69) is 15.4 Å². The van der Waals surface area contributed by atoms with Crippen LogP contribution >= 0.6 is 23.2 Å². The Balaban J connectivity index is 1.44. The first kappa shape index (κ1) is 31.8. The third-order valence-electron chi connectivity index (χ3n) is 8.29. The summed E-state index contributed by atoms with van der Waals surface area (Å²) in [6.07, 6.45) is -1.85. The second-order valence-corrected chi connectivity index (χ2v) is 12.2. The SMILES string of the molecule is COc1cc(C(=O)NC[C@](O)(c2cc3c(c(-c4c(F)ccc(Cl)c4Cl)n2)OC[C@]3(C)C(N)=O)C(F)(F)F)cc2cn(C3CC3)nc12. The van der Waals surface area contributed by atoms with Crippen molar-refractivity contribution < 1.29 is 41.7 Å². The fourth-order valence-electron chi connectivity index (χ4n) is 5.29. The van der Waals surface area contributed by atoms with Crippen LogP contribution in [0.3, 0.4) is 0 Å². The van der Waals surface area contributed by atoms with E-state index in [0.717, 1.165) is 31.0 Å². The molecule has 2 aromatic heterocycles. The zero-order valence-electron chi connectivity index (χ0n) is 24.1. The smallest absolute Gasteiger partial charge is 0.424 e. The molecule has 2 aromatic carbocycles. The number of carbonyl (C=O) groups excluding carboxylic acids is 2. The van der Waals surface area contributed by atoms with Gasteiger partial charge in [-0.25, -0.2) is 9.37 Å². The number of halogens is 6. The predicted molar refractivity (Wildman–Crippen MR) is 159 cm³/mol. The lowest BCUT2D eigenvalue weighted by Gasteiger charge is -2.31. The highest BCUT2D eigenvalue weighted by Gasteiger charge is 2.58. The number of primary amides is 1. The van der Waals surface area contributed by atoms with Gasteiger partial charge in [-0.05, 0) is 50.1 Å². The van der Waals surface area contributed by atoms with Gasteiger partial charge in [0.15, 0.2) is 0 Å². The number of nitrogens with two attached hydrogens (primary N) is 1. The number of hydrogen-bond donors (Lipinski definition) is 3. The lowest BCUT2D eigenvalue weighted by atomic mass is 9.81. The van der Waals surface area contributed by atoms with Gasteiger partial charge in [0.1, 0.15) is 40.5 Å². The number of benzene rings is 2. The molecule has 10 nitrogen and oxygen atoms in total. The minimum atomic E-state index is -5.45. The van der Waals surface area contributed by atoms with E-state index < -0.39 is 69.9 Å². The summed E-state index contributed by atoms with van der Waals surface area (Å²) >= 11 is 12.4. The van der Waals surface area contributed by atoms with Gasteiger partial charge < -0.3 is 25.6 Å². The quantitative estimate of drug-likeness (QED) is 0.171. The Morgan fingerprint density at radius 2 is 1.96 bits per heavy atom. The van der Waals surface area contributed by atoms with E-state index in [4.69, 9.17) is 38.4 Å². The fraction of sp³-hybridized carbons (Fsp3) is 0.333. The van der Waals surface area contributed by atoms with Crippen molar-refractivity contribution in [1.82, 2.24) is 20.1 Å². The molecular formula is C30H25Cl2F4N5O5. The largest absolute Gasteiger partial charge is 0.494 e. The number of aliphatic hydroxyl groups is 1. The highest BCUT2D eigenvalue weighted by molar-refractivity contribution is 6.43. The number of nitrogens with zero attached hydrogens (tertiary/aromatic N) is 3. The first-order valence-corrected chi connectivity index (χ1v) is 14.6. The topological polar surface area (TPSA) is 142 Å². The Labute approximate surface area is 268 Å². The van der Waals surface area contributed by atoms with Crippen LogP contribution in [0, 0.1) is 5.82 Å². The molecule has 1 aliphatic heterocycles. The first-order chi connectivity index (χ1) is 21.6. The first-order valence-electron chi connectivity index (χ1n) is 13.9. The molecule has 4 N–H and O–H groups in total. The Hall–Kier alpha value is -4.14. The lowest BCUT2D eigenvalue weighted by Crippen LogP contribution is -2.51. The number of aromatic nitrogens is 3. The van der Waals surface area contributed by atoms with E-state index in [9.17, 15) is 27.9 Å². The molecule has 2 atom stereocenters. The average molecular weight is 682 g/mol. The lowest BCUT2D eigenvalue weighted by molar-refractivity contribution is -0.265. The van der Waals surface area contributed by atoms with E-state index >= 15 is 4.39 Å². The molecule has 2 amide bonds. The van der Waals surface area contributed by atoms with Gasteiger partial charge in [0, 0.05) is 22.7 Å². The molecule has 0 bridgehead atoms. The fourth-order valence-corrected chi connectivity index (χ4v) is 5.69. The minimum Gasteiger partial charge on any atom is -0.494 e. The van der Waals surface area contributed by atoms with Crippen LogP contribution in [0.15, 0.2) is 36.5 Å². The normalized spacial score (nSPS) is 19.0. The van der Waals surface area contributed by atoms with Crippen molar-refractivity contribution >= 4 is 45.9 Å². The number of fused-ring (bicyclic) bond motifs is 2. The van der Waals surface area contributed by atoms with E-state index in [1.807, 2.05) is 0 Å². The van der Waals surface area contributed by atoms with Gasteiger partial charge in [-0.1, -0.05) is 23.2 Å². The third-order valence-corrected chi connectivity index (χ3v) is 9.09. The number of amides is 2. The molecule has 0 spiro atoms. The maximum atomic E-state index is 15.2. The second-order valence-electron chi connectivity index (χ2n) is 11.4. The summed E-state index contributed by atoms with van der Waals surface area (Å²) in [6.45, 7) is -0.533. The number of ether oxygens (including phenoxy) is 2. The summed E-state index contributed by atoms with van der Waals surface area (Å²) in [6, 6.07) is 5.83. The molecule has 0 unspecified atom stereocenters. The van der Waals surface area contributed by atoms with Crippen molar-refractivity contribution in [3.05, 3.63) is 69.2 Å². The van der Waals surface area contributed by atoms with Gasteiger partial charge >= 0.3 is 6.18 Å². The van der Waals surface area contributed by atoms with Crippen molar-refractivity contribution in [2.24, 2.45) is 5.73 Å². The Morgan fingerprint density at radius 1 is 1.24 bits per heavy atom. The Kier molecular flexibility index (Phi) is 7.60. The van der Waals surface area contributed by atoms with Gasteiger partial charge in [-0.15, -0.1) is 0 Å². The van der Waals surface area contributed by atoms with Crippen molar-refractivity contribution in [3.8, 4) is 22.8 Å². The minimum absolute atomic E-state index is 0.0608. The third kappa shape index (κ3) is 5.08. The van der Waals surface area contributed by atoms with Crippen LogP contribution in [0.25, 0.3) is 22.2 Å². The summed E-state index contributed by atoms with van der Waals surface area (Å²) in [5.74, 6) is -3.00. The van der Waals surface area contributed by atoms with Gasteiger partial charge in [0.2, 0.25) is 11.5 Å². The van der Waals surface area contributed by atoms with Crippen LogP contribution in [-0.4, -0.2) is 58.1 Å². The molecule has 2 aliphatic rings. The van der Waals surface area contributed by atoms with Crippen molar-refractivity contribution in [2.45, 2.75) is 43.0 Å². The second kappa shape index (κ2) is 11.0. The molecule has 6 rings (SSSR count). The van der Waals surface area contributed by atoms with Crippen molar-refractivity contribution in [3.63, 3.8) is 0 Å². The molecular weight excluding hydrogens is 657 g/mol. The number of pyridine rings is 1. The van der Waals surface area contributed by atoms with Crippen LogP contribution in [0.1, 0.15) is 47.4 Å². The van der Waals surface area contributed by atoms with Crippen LogP contribution < -0.4 is 20.5 Å². The standard InChI is InChI=1S/C30H25Cl2F4N5O5/c1-28(27(37)43)12-46-25-16(28)9-20(39-24(25)21-18(33)6-5-17(31)22(21)32)29(44,30(34,35)36)11-38-26(42)13-7-14-10-41(15-3-4-15)40-23(14)19(8-13)45-2/h5-10,15,44H,3-4,11-12H2,1-2H3,(H2,37,43)(H,38,42)/t28-,29-/m0/s1. The Morgan fingerprint density at radius 3 is 2.59 bits per heavy atom. The highest BCUT2D eigenvalue weighted by Crippen LogP contribution is 2.50. The van der Waals surface area contributed by atoms with Crippen LogP contribution in [0.4, 0.5) is 17.6 Å². The Bertz CT molecular complexity index is 1930. The van der Waals surface area contributed by atoms with Crippen LogP contribution in [-0.2, 0) is 15.8 Å². The molecule has 0 saturated heterocycles. The highest BCUT2D eigenvalue weighted by atomic mass is 35.5. The van der Waals surface area contributed by atoms with E-state index in [1.165, 1.54) is 26.2 Å². The molecule has 242 valence electrons. The molecule has 46 heavy (non-hydrogen) atoms. The monoisotopic (exact) mass is 681 g/mol. The average Bonchev–Trinajstić information content (AvgIpc) is 3.67. The van der Waals surface area contributed by atoms with Gasteiger partial charge in [-0.2, -0.15) is 18.3 Å². The van der Waals surface area contributed by atoms with E-state index in [0.29, 0.717) is 10.9 Å². The van der Waals surface area contributed by atoms with Gasteiger partial charge in [0.25, 0.3) is 5.91 Å². The molecule has 4 aromatic rings. The molecule has 1 fully saturated rings. The van der Waals surface area contributed by atoms with Crippen LogP contribution in [0.5, 0.6) is 11.5 Å². The summed E-state index contributed by atoms with van der Waals surface area (Å²) in [7, 11) is 1.37. The van der Waals surface area contributed by atoms with E-state index in [1.54, 1.807) is 10.9 Å². The molecule has 1 aliphatic carbocycles. The van der Waals surface area contributed by atoms with Crippen molar-refractivity contribution in [1.29, 1.82) is 0 Å². The predicted octanol–water partition coefficient (Wildman–Crippen LogP) is 5.20. The zero-order chi connectivity index (χ0) is 33.3. The number of methoxy groups -OCH3 is 1. The summed E-state index contributed by atoms with van der Waals surface area (Å²) in [4.78, 5) is 29.7. The summed E-state index contributed by atoms with van der Waals surface area (Å²) in [5.41, 5.74) is -1.92. The number of alkyl halides is 3. The molecule has 3 heterocycles. The number of nitrogens with one attached hydrogen (secondary N) is 1. The van der Waals surface area contributed by atoms with E-state index in [-0.39, 0.29) is 33.7 Å². The molecule has 16 heteroatoms. The zero-order valence-corrected chi connectivity index (χ0v) is 25.6. The van der Waals surface area contributed by atoms with Crippen molar-refractivity contribution in [2.75, 3.05) is 20.3 Å². The summed E-state index contributed by atoms with van der Waals surface area (Å²) in [5, 5.41) is 17.9. The maximum Gasteiger partial charge on any atom is 0.424 e. The number of rotatable bonds is 8. The number of carbonyl (C=O) groups is 2.